The fraction of sp³-hybridized carbons (Fsp3) is 0.357. The van der Waals surface area contributed by atoms with Gasteiger partial charge in [-0.15, -0.1) is 0 Å². The largest absolute Gasteiger partial charge is 0.478 e. The number of carboxylic acids is 1. The molecule has 1 aromatic heterocycles. The van der Waals surface area contributed by atoms with E-state index in [1.54, 1.807) is 30.0 Å². The number of aliphatic hydroxyl groups excluding tert-OH is 1. The number of fused-ring (bicyclic) bond motifs is 1. The zero-order valence-corrected chi connectivity index (χ0v) is 11.4. The van der Waals surface area contributed by atoms with Gasteiger partial charge in [0.15, 0.2) is 0 Å². The summed E-state index contributed by atoms with van der Waals surface area (Å²) in [6.07, 6.45) is 0. The molecule has 0 saturated heterocycles. The molecule has 0 amide bonds. The monoisotopic (exact) mass is 280 g/mol. The van der Waals surface area contributed by atoms with E-state index in [0.29, 0.717) is 22.5 Å². The van der Waals surface area contributed by atoms with Crippen molar-refractivity contribution in [1.29, 1.82) is 0 Å². The Morgan fingerprint density at radius 3 is 2.84 bits per heavy atom. The minimum Gasteiger partial charge on any atom is -0.478 e. The van der Waals surface area contributed by atoms with Gasteiger partial charge in [-0.2, -0.15) is 11.8 Å². The number of rotatable bonds is 6. The van der Waals surface area contributed by atoms with Crippen molar-refractivity contribution in [3.8, 4) is 0 Å². The predicted molar refractivity (Wildman–Crippen MR) is 75.6 cm³/mol. The minimum absolute atomic E-state index is 0.138. The molecular formula is C14H16O4S. The molecule has 1 heterocycles. The second-order valence-corrected chi connectivity index (χ2v) is 5.53. The molecule has 5 heteroatoms. The van der Waals surface area contributed by atoms with E-state index in [1.165, 1.54) is 0 Å². The molecule has 0 spiro atoms. The maximum atomic E-state index is 11.3. The molecule has 2 aromatic rings. The van der Waals surface area contributed by atoms with Gasteiger partial charge in [0.05, 0.1) is 5.75 Å². The molecule has 0 aliphatic heterocycles. The summed E-state index contributed by atoms with van der Waals surface area (Å²) in [4.78, 5) is 11.3. The van der Waals surface area contributed by atoms with E-state index >= 15 is 0 Å². The van der Waals surface area contributed by atoms with Crippen LogP contribution >= 0.6 is 11.8 Å². The Labute approximate surface area is 115 Å². The topological polar surface area (TPSA) is 70.7 Å². The third-order valence-electron chi connectivity index (χ3n) is 2.83. The normalized spacial score (nSPS) is 12.7. The van der Waals surface area contributed by atoms with Gasteiger partial charge in [-0.25, -0.2) is 4.79 Å². The Kier molecular flexibility index (Phi) is 4.50. The molecule has 2 rings (SSSR count). The number of carbonyl (C=O) groups is 1. The fourth-order valence-corrected chi connectivity index (χ4v) is 2.85. The first-order chi connectivity index (χ1) is 9.13. The third-order valence-corrected chi connectivity index (χ3v) is 4.10. The second-order valence-electron chi connectivity index (χ2n) is 4.50. The number of furan rings is 1. The van der Waals surface area contributed by atoms with Gasteiger partial charge in [-0.3, -0.25) is 0 Å². The minimum atomic E-state index is -0.962. The second kappa shape index (κ2) is 6.12. The summed E-state index contributed by atoms with van der Waals surface area (Å²) in [5, 5.41) is 18.9. The van der Waals surface area contributed by atoms with Gasteiger partial charge in [0, 0.05) is 12.0 Å². The molecule has 0 aliphatic carbocycles. The molecule has 0 fully saturated rings. The number of para-hydroxylation sites is 1. The molecule has 4 nitrogen and oxygen atoms in total. The maximum absolute atomic E-state index is 11.3. The van der Waals surface area contributed by atoms with Gasteiger partial charge >= 0.3 is 5.97 Å². The Hall–Kier alpha value is -1.46. The highest BCUT2D eigenvalue weighted by Crippen LogP contribution is 2.29. The number of aromatic carboxylic acids is 1. The van der Waals surface area contributed by atoms with Crippen LogP contribution in [0.1, 0.15) is 23.0 Å². The first-order valence-corrected chi connectivity index (χ1v) is 7.21. The van der Waals surface area contributed by atoms with Crippen molar-refractivity contribution in [2.75, 3.05) is 12.4 Å². The molecule has 1 atom stereocenters. The molecule has 0 radical (unpaired) electrons. The van der Waals surface area contributed by atoms with Gasteiger partial charge in [-0.05, 0) is 17.7 Å². The molecule has 0 aliphatic rings. The van der Waals surface area contributed by atoms with Crippen LogP contribution in [0.4, 0.5) is 0 Å². The van der Waals surface area contributed by atoms with E-state index in [2.05, 4.69) is 0 Å². The quantitative estimate of drug-likeness (QED) is 0.851. The van der Waals surface area contributed by atoms with E-state index in [0.717, 1.165) is 5.75 Å². The summed E-state index contributed by atoms with van der Waals surface area (Å²) in [6, 6.07) is 7.15. The van der Waals surface area contributed by atoms with Crippen LogP contribution in [0, 0.1) is 5.92 Å². The van der Waals surface area contributed by atoms with E-state index in [4.69, 9.17) is 9.52 Å². The first kappa shape index (κ1) is 14.0. The van der Waals surface area contributed by atoms with Crippen LogP contribution < -0.4 is 0 Å². The average Bonchev–Trinajstić information content (AvgIpc) is 2.76. The maximum Gasteiger partial charge on any atom is 0.339 e. The Morgan fingerprint density at radius 2 is 2.16 bits per heavy atom. The van der Waals surface area contributed by atoms with Crippen LogP contribution in [0.25, 0.3) is 11.0 Å². The van der Waals surface area contributed by atoms with Crippen LogP contribution in [-0.4, -0.2) is 28.5 Å². The summed E-state index contributed by atoms with van der Waals surface area (Å²) < 4.78 is 5.61. The summed E-state index contributed by atoms with van der Waals surface area (Å²) in [5.74, 6) is 0.995. The predicted octanol–water partition coefficient (Wildman–Crippen LogP) is 2.99. The highest BCUT2D eigenvalue weighted by Gasteiger charge is 2.19. The van der Waals surface area contributed by atoms with Crippen LogP contribution in [0.15, 0.2) is 28.7 Å². The first-order valence-electron chi connectivity index (χ1n) is 6.05. The molecule has 1 unspecified atom stereocenters. The smallest absolute Gasteiger partial charge is 0.339 e. The van der Waals surface area contributed by atoms with Crippen LogP contribution in [0.3, 0.4) is 0 Å². The van der Waals surface area contributed by atoms with Gasteiger partial charge in [-0.1, -0.05) is 25.1 Å². The van der Waals surface area contributed by atoms with Gasteiger partial charge in [0.2, 0.25) is 0 Å². The van der Waals surface area contributed by atoms with Crippen molar-refractivity contribution in [1.82, 2.24) is 0 Å². The van der Waals surface area contributed by atoms with Crippen molar-refractivity contribution < 1.29 is 19.4 Å². The third kappa shape index (κ3) is 3.11. The molecule has 102 valence electrons. The number of hydrogen-bond donors (Lipinski definition) is 2. The number of thioether (sulfide) groups is 1. The average molecular weight is 280 g/mol. The summed E-state index contributed by atoms with van der Waals surface area (Å²) in [5.41, 5.74) is 0.852. The zero-order chi connectivity index (χ0) is 13.8. The summed E-state index contributed by atoms with van der Waals surface area (Å²) >= 11 is 1.57. The highest BCUT2D eigenvalue weighted by molar-refractivity contribution is 7.98. The summed E-state index contributed by atoms with van der Waals surface area (Å²) in [7, 11) is 0. The number of aliphatic hydroxyl groups is 1. The lowest BCUT2D eigenvalue weighted by molar-refractivity contribution is 0.0697. The molecule has 19 heavy (non-hydrogen) atoms. The van der Waals surface area contributed by atoms with E-state index in [1.807, 2.05) is 13.0 Å². The Morgan fingerprint density at radius 1 is 1.42 bits per heavy atom. The fourth-order valence-electron chi connectivity index (χ4n) is 1.84. The lowest BCUT2D eigenvalue weighted by Crippen LogP contribution is -2.04. The van der Waals surface area contributed by atoms with Crippen molar-refractivity contribution in [3.05, 3.63) is 35.6 Å². The van der Waals surface area contributed by atoms with Crippen molar-refractivity contribution >= 4 is 28.7 Å². The van der Waals surface area contributed by atoms with E-state index in [9.17, 15) is 9.90 Å². The van der Waals surface area contributed by atoms with Gasteiger partial charge < -0.3 is 14.6 Å². The number of carboxylic acid groups (broad SMARTS) is 1. The highest BCUT2D eigenvalue weighted by atomic mass is 32.2. The Balaban J connectivity index is 2.22. The van der Waals surface area contributed by atoms with Gasteiger partial charge in [0.1, 0.15) is 16.9 Å². The van der Waals surface area contributed by atoms with Crippen LogP contribution in [0.5, 0.6) is 0 Å². The van der Waals surface area contributed by atoms with Crippen molar-refractivity contribution in [2.24, 2.45) is 5.92 Å². The summed E-state index contributed by atoms with van der Waals surface area (Å²) in [6.45, 7) is 2.09. The number of hydrogen-bond acceptors (Lipinski definition) is 4. The van der Waals surface area contributed by atoms with Crippen molar-refractivity contribution in [2.45, 2.75) is 12.7 Å². The standard InChI is InChI=1S/C14H16O4S/c1-9(6-15)7-19-8-12-13(14(16)17)10-4-2-3-5-11(10)18-12/h2-5,9,15H,6-8H2,1H3,(H,16,17). The lowest BCUT2D eigenvalue weighted by atomic mass is 10.1. The zero-order valence-electron chi connectivity index (χ0n) is 10.6. The lowest BCUT2D eigenvalue weighted by Gasteiger charge is -2.06. The van der Waals surface area contributed by atoms with Crippen molar-refractivity contribution in [3.63, 3.8) is 0 Å². The van der Waals surface area contributed by atoms with Crippen LogP contribution in [0.2, 0.25) is 0 Å². The Bertz CT molecular complexity index is 576. The molecule has 0 saturated carbocycles. The molecule has 1 aromatic carbocycles. The van der Waals surface area contributed by atoms with E-state index < -0.39 is 5.97 Å². The van der Waals surface area contributed by atoms with Crippen LogP contribution in [-0.2, 0) is 5.75 Å². The van der Waals surface area contributed by atoms with E-state index in [-0.39, 0.29) is 18.1 Å². The van der Waals surface area contributed by atoms with Gasteiger partial charge in [0.25, 0.3) is 0 Å². The molecule has 0 bridgehead atoms. The molecular weight excluding hydrogens is 264 g/mol. The number of benzene rings is 1. The molecule has 2 N–H and O–H groups in total. The SMILES string of the molecule is CC(CO)CSCc1oc2ccccc2c1C(=O)O.